The molecule has 0 fully saturated rings. The second kappa shape index (κ2) is 2.64. The number of H-pyrrole nitrogens is 1. The molecule has 0 aliphatic carbocycles. The van der Waals surface area contributed by atoms with E-state index in [2.05, 4.69) is 29.2 Å². The van der Waals surface area contributed by atoms with Gasteiger partial charge in [-0.1, -0.05) is 18.2 Å². The van der Waals surface area contributed by atoms with Gasteiger partial charge in [-0.2, -0.15) is 0 Å². The number of rotatable bonds is 0. The molecule has 0 aliphatic heterocycles. The van der Waals surface area contributed by atoms with Crippen molar-refractivity contribution in [2.24, 2.45) is 0 Å². The molecule has 13 heavy (non-hydrogen) atoms. The molecule has 0 radical (unpaired) electrons. The first kappa shape index (κ1) is 7.67. The molecule has 0 bridgehead atoms. The quantitative estimate of drug-likeness (QED) is 0.565. The molecule has 1 nitrogen and oxygen atoms in total. The highest BCUT2D eigenvalue weighted by Crippen LogP contribution is 2.35. The molecule has 1 N–H and O–H groups in total. The Morgan fingerprint density at radius 1 is 1.15 bits per heavy atom. The number of hydrogen-bond acceptors (Lipinski definition) is 3. The Labute approximate surface area is 87.7 Å². The average molecular weight is 223 g/mol. The zero-order valence-electron chi connectivity index (χ0n) is 6.53. The largest absolute Gasteiger partial charge is 0.329 e. The summed E-state index contributed by atoms with van der Waals surface area (Å²) in [7, 11) is 0. The second-order valence-corrected chi connectivity index (χ2v) is 5.51. The van der Waals surface area contributed by atoms with Crippen molar-refractivity contribution in [3.63, 3.8) is 0 Å². The lowest BCUT2D eigenvalue weighted by Crippen LogP contribution is -1.58. The molecule has 0 unspecified atom stereocenters. The minimum atomic E-state index is 0.868. The van der Waals surface area contributed by atoms with Crippen molar-refractivity contribution < 1.29 is 0 Å². The van der Waals surface area contributed by atoms with Gasteiger partial charge in [-0.15, -0.1) is 22.7 Å². The average Bonchev–Trinajstić information content (AvgIpc) is 2.60. The van der Waals surface area contributed by atoms with Crippen LogP contribution < -0.4 is 0 Å². The van der Waals surface area contributed by atoms with Crippen LogP contribution in [-0.4, -0.2) is 4.98 Å². The van der Waals surface area contributed by atoms with Gasteiger partial charge in [0.05, 0.1) is 4.70 Å². The Morgan fingerprint density at radius 2 is 2.00 bits per heavy atom. The van der Waals surface area contributed by atoms with Crippen LogP contribution in [0.5, 0.6) is 0 Å². The van der Waals surface area contributed by atoms with E-state index in [9.17, 15) is 0 Å². The maximum Gasteiger partial charge on any atom is 0.160 e. The van der Waals surface area contributed by atoms with E-state index < -0.39 is 0 Å². The number of aromatic amines is 1. The van der Waals surface area contributed by atoms with Gasteiger partial charge in [0, 0.05) is 10.1 Å². The normalized spacial score (nSPS) is 11.4. The molecule has 2 aromatic heterocycles. The summed E-state index contributed by atoms with van der Waals surface area (Å²) in [6.45, 7) is 0. The maximum absolute atomic E-state index is 5.10. The number of thiophene rings is 1. The van der Waals surface area contributed by atoms with E-state index in [0.717, 1.165) is 3.95 Å². The Kier molecular flexibility index (Phi) is 1.56. The van der Waals surface area contributed by atoms with Crippen LogP contribution >= 0.6 is 34.9 Å². The first-order valence-electron chi connectivity index (χ1n) is 3.85. The molecule has 1 aromatic carbocycles. The molecule has 2 heterocycles. The molecular weight excluding hydrogens is 218 g/mol. The number of nitrogens with one attached hydrogen (secondary N) is 1. The van der Waals surface area contributed by atoms with E-state index in [1.165, 1.54) is 19.6 Å². The fourth-order valence-electron chi connectivity index (χ4n) is 1.42. The number of fused-ring (bicyclic) bond motifs is 3. The van der Waals surface area contributed by atoms with Crippen molar-refractivity contribution in [3.8, 4) is 0 Å². The summed E-state index contributed by atoms with van der Waals surface area (Å²) < 4.78 is 3.49. The Hall–Kier alpha value is -0.710. The number of thiazole rings is 1. The van der Waals surface area contributed by atoms with Gasteiger partial charge in [0.1, 0.15) is 4.83 Å². The molecule has 0 saturated carbocycles. The van der Waals surface area contributed by atoms with E-state index in [-0.39, 0.29) is 0 Å². The van der Waals surface area contributed by atoms with Crippen LogP contribution in [-0.2, 0) is 0 Å². The summed E-state index contributed by atoms with van der Waals surface area (Å²) in [5, 5.41) is 1.32. The minimum Gasteiger partial charge on any atom is -0.329 e. The van der Waals surface area contributed by atoms with Gasteiger partial charge in [-0.3, -0.25) is 0 Å². The number of aromatic nitrogens is 1. The monoisotopic (exact) mass is 223 g/mol. The van der Waals surface area contributed by atoms with Gasteiger partial charge < -0.3 is 4.98 Å². The van der Waals surface area contributed by atoms with Gasteiger partial charge in [-0.25, -0.2) is 0 Å². The first-order valence-corrected chi connectivity index (χ1v) is 5.89. The molecule has 3 aromatic rings. The third kappa shape index (κ3) is 1.06. The fourth-order valence-corrected chi connectivity index (χ4v) is 3.98. The van der Waals surface area contributed by atoms with Crippen LogP contribution in [0.3, 0.4) is 0 Å². The van der Waals surface area contributed by atoms with Gasteiger partial charge in [0.25, 0.3) is 0 Å². The Bertz CT molecular complexity index is 629. The minimum absolute atomic E-state index is 0.868. The predicted molar refractivity (Wildman–Crippen MR) is 62.4 cm³/mol. The van der Waals surface area contributed by atoms with Crippen molar-refractivity contribution in [2.75, 3.05) is 0 Å². The zero-order valence-corrected chi connectivity index (χ0v) is 8.98. The highest BCUT2D eigenvalue weighted by molar-refractivity contribution is 7.73. The van der Waals surface area contributed by atoms with Crippen LogP contribution in [0.4, 0.5) is 0 Å². The van der Waals surface area contributed by atoms with Crippen LogP contribution in [0.2, 0.25) is 0 Å². The van der Waals surface area contributed by atoms with Crippen LogP contribution in [0.15, 0.2) is 24.3 Å². The van der Waals surface area contributed by atoms with Crippen molar-refractivity contribution in [3.05, 3.63) is 28.2 Å². The Balaban J connectivity index is 2.67. The van der Waals surface area contributed by atoms with Crippen LogP contribution in [0.1, 0.15) is 0 Å². The van der Waals surface area contributed by atoms with E-state index in [4.69, 9.17) is 12.2 Å². The molecule has 0 aliphatic rings. The lowest BCUT2D eigenvalue weighted by molar-refractivity contribution is 1.51. The molecule has 0 atom stereocenters. The first-order chi connectivity index (χ1) is 6.34. The fraction of sp³-hybridized carbons (Fsp3) is 0. The third-order valence-corrected chi connectivity index (χ3v) is 4.44. The summed E-state index contributed by atoms with van der Waals surface area (Å²) in [4.78, 5) is 4.40. The van der Waals surface area contributed by atoms with E-state index >= 15 is 0 Å². The van der Waals surface area contributed by atoms with Gasteiger partial charge in [0.2, 0.25) is 0 Å². The van der Waals surface area contributed by atoms with Crippen molar-refractivity contribution in [2.45, 2.75) is 0 Å². The molecule has 0 spiro atoms. The third-order valence-electron chi connectivity index (χ3n) is 1.96. The molecule has 0 saturated heterocycles. The SMILES string of the molecule is S=c1[nH]c2sc3ccccc3c2s1. The standard InChI is InChI=1S/C9H5NS3/c11-9-10-8-7(13-9)5-3-1-2-4-6(5)12-8/h1-4H,(H,10,11). The number of benzene rings is 1. The smallest absolute Gasteiger partial charge is 0.160 e. The highest BCUT2D eigenvalue weighted by Gasteiger charge is 2.05. The van der Waals surface area contributed by atoms with E-state index in [0.29, 0.717) is 0 Å². The molecule has 0 amide bonds. The zero-order chi connectivity index (χ0) is 8.84. The lowest BCUT2D eigenvalue weighted by Gasteiger charge is -1.84. The van der Waals surface area contributed by atoms with E-state index in [1.54, 1.807) is 22.7 Å². The number of hydrogen-bond donors (Lipinski definition) is 1. The molecule has 3 rings (SSSR count). The van der Waals surface area contributed by atoms with Gasteiger partial charge in [0.15, 0.2) is 3.95 Å². The lowest BCUT2D eigenvalue weighted by atomic mass is 10.3. The summed E-state index contributed by atoms with van der Waals surface area (Å²) in [6, 6.07) is 8.42. The highest BCUT2D eigenvalue weighted by atomic mass is 32.1. The Morgan fingerprint density at radius 3 is 2.92 bits per heavy atom. The van der Waals surface area contributed by atoms with Crippen LogP contribution in [0.25, 0.3) is 19.6 Å². The van der Waals surface area contributed by atoms with Crippen molar-refractivity contribution >= 4 is 54.5 Å². The topological polar surface area (TPSA) is 15.8 Å². The van der Waals surface area contributed by atoms with E-state index in [1.807, 2.05) is 0 Å². The van der Waals surface area contributed by atoms with Gasteiger partial charge >= 0.3 is 0 Å². The summed E-state index contributed by atoms with van der Waals surface area (Å²) >= 11 is 8.53. The molecular formula is C9H5NS3. The predicted octanol–water partition coefficient (Wildman–Crippen LogP) is 4.17. The van der Waals surface area contributed by atoms with Crippen molar-refractivity contribution in [1.82, 2.24) is 4.98 Å². The summed E-state index contributed by atoms with van der Waals surface area (Å²) in [5.41, 5.74) is 0. The molecule has 64 valence electrons. The van der Waals surface area contributed by atoms with Crippen molar-refractivity contribution in [1.29, 1.82) is 0 Å². The summed E-state index contributed by atoms with van der Waals surface area (Å²) in [5.74, 6) is 0. The molecule has 4 heteroatoms. The summed E-state index contributed by atoms with van der Waals surface area (Å²) in [6.07, 6.45) is 0. The van der Waals surface area contributed by atoms with Gasteiger partial charge in [-0.05, 0) is 18.3 Å². The maximum atomic E-state index is 5.10. The second-order valence-electron chi connectivity index (χ2n) is 2.77. The van der Waals surface area contributed by atoms with Crippen LogP contribution in [0, 0.1) is 3.95 Å².